The second-order valence-electron chi connectivity index (χ2n) is 7.13. The summed E-state index contributed by atoms with van der Waals surface area (Å²) in [6, 6.07) is 9.32. The first-order valence-corrected chi connectivity index (χ1v) is 9.55. The lowest BCUT2D eigenvalue weighted by Gasteiger charge is -2.30. The van der Waals surface area contributed by atoms with Gasteiger partial charge in [0.25, 0.3) is 0 Å². The highest BCUT2D eigenvalue weighted by Crippen LogP contribution is 2.29. The van der Waals surface area contributed by atoms with Crippen LogP contribution in [0.4, 0.5) is 11.8 Å². The Labute approximate surface area is 151 Å². The van der Waals surface area contributed by atoms with Crippen LogP contribution in [-0.4, -0.2) is 22.6 Å². The molecule has 0 unspecified atom stereocenters. The zero-order chi connectivity index (χ0) is 16.7. The molecule has 0 amide bonds. The number of anilines is 2. The molecule has 0 saturated heterocycles. The Bertz CT molecular complexity index is 755. The molecule has 1 aromatic carbocycles. The molecule has 126 valence electrons. The van der Waals surface area contributed by atoms with Gasteiger partial charge in [-0.2, -0.15) is 4.98 Å². The standard InChI is InChI=1S/C19H23BrN4/c1-12(2)17-10-18(23-19(22-17)21-16-5-6-16)24-8-7-13-3-4-15(20)9-14(13)11-24/h3-4,9-10,12,16H,5-8,11H2,1-2H3,(H,21,22,23). The number of halogens is 1. The molecular formula is C19H23BrN4. The minimum Gasteiger partial charge on any atom is -0.352 e. The van der Waals surface area contributed by atoms with E-state index >= 15 is 0 Å². The number of rotatable bonds is 4. The third-order valence-corrected chi connectivity index (χ3v) is 5.23. The zero-order valence-electron chi connectivity index (χ0n) is 14.2. The number of nitrogens with one attached hydrogen (secondary N) is 1. The number of nitrogens with zero attached hydrogens (tertiary/aromatic N) is 3. The fraction of sp³-hybridized carbons (Fsp3) is 0.474. The monoisotopic (exact) mass is 386 g/mol. The Kier molecular flexibility index (Phi) is 4.21. The van der Waals surface area contributed by atoms with Gasteiger partial charge >= 0.3 is 0 Å². The number of hydrogen-bond donors (Lipinski definition) is 1. The minimum absolute atomic E-state index is 0.401. The molecule has 4 nitrogen and oxygen atoms in total. The average molecular weight is 387 g/mol. The van der Waals surface area contributed by atoms with E-state index in [0.29, 0.717) is 12.0 Å². The molecule has 0 radical (unpaired) electrons. The maximum Gasteiger partial charge on any atom is 0.225 e. The lowest BCUT2D eigenvalue weighted by atomic mass is 10.00. The SMILES string of the molecule is CC(C)c1cc(N2CCc3ccc(Br)cc3C2)nc(NC2CC2)n1. The lowest BCUT2D eigenvalue weighted by molar-refractivity contribution is 0.713. The minimum atomic E-state index is 0.401. The summed E-state index contributed by atoms with van der Waals surface area (Å²) in [5.41, 5.74) is 3.95. The first kappa shape index (κ1) is 15.9. The van der Waals surface area contributed by atoms with Crippen molar-refractivity contribution < 1.29 is 0 Å². The first-order valence-electron chi connectivity index (χ1n) is 8.76. The van der Waals surface area contributed by atoms with Crippen molar-refractivity contribution >= 4 is 27.7 Å². The van der Waals surface area contributed by atoms with Gasteiger partial charge in [-0.15, -0.1) is 0 Å². The van der Waals surface area contributed by atoms with Gasteiger partial charge in [-0.1, -0.05) is 35.8 Å². The van der Waals surface area contributed by atoms with Crippen LogP contribution in [0, 0.1) is 0 Å². The second kappa shape index (κ2) is 6.36. The first-order chi connectivity index (χ1) is 11.6. The number of benzene rings is 1. The smallest absolute Gasteiger partial charge is 0.225 e. The number of hydrogen-bond acceptors (Lipinski definition) is 4. The van der Waals surface area contributed by atoms with Crippen molar-refractivity contribution in [3.63, 3.8) is 0 Å². The van der Waals surface area contributed by atoms with Gasteiger partial charge in [0.15, 0.2) is 0 Å². The van der Waals surface area contributed by atoms with E-state index in [2.05, 4.69) is 64.3 Å². The van der Waals surface area contributed by atoms with Gasteiger partial charge in [0.1, 0.15) is 5.82 Å². The predicted octanol–water partition coefficient (Wildman–Crippen LogP) is 4.50. The Balaban J connectivity index is 1.64. The molecule has 0 atom stereocenters. The summed E-state index contributed by atoms with van der Waals surface area (Å²) in [7, 11) is 0. The van der Waals surface area contributed by atoms with Crippen LogP contribution >= 0.6 is 15.9 Å². The second-order valence-corrected chi connectivity index (χ2v) is 8.05. The predicted molar refractivity (Wildman–Crippen MR) is 102 cm³/mol. The Morgan fingerprint density at radius 1 is 1.17 bits per heavy atom. The molecule has 2 aliphatic rings. The quantitative estimate of drug-likeness (QED) is 0.839. The fourth-order valence-electron chi connectivity index (χ4n) is 3.11. The van der Waals surface area contributed by atoms with Crippen LogP contribution in [0.1, 0.15) is 49.4 Å². The molecule has 0 bridgehead atoms. The fourth-order valence-corrected chi connectivity index (χ4v) is 3.51. The maximum absolute atomic E-state index is 4.81. The van der Waals surface area contributed by atoms with Gasteiger partial charge in [-0.05, 0) is 48.4 Å². The summed E-state index contributed by atoms with van der Waals surface area (Å²) in [5.74, 6) is 2.24. The lowest BCUT2D eigenvalue weighted by Crippen LogP contribution is -2.31. The van der Waals surface area contributed by atoms with Crippen molar-refractivity contribution in [2.24, 2.45) is 0 Å². The van der Waals surface area contributed by atoms with Crippen LogP contribution in [-0.2, 0) is 13.0 Å². The highest BCUT2D eigenvalue weighted by molar-refractivity contribution is 9.10. The van der Waals surface area contributed by atoms with E-state index < -0.39 is 0 Å². The van der Waals surface area contributed by atoms with Crippen molar-refractivity contribution in [2.75, 3.05) is 16.8 Å². The third kappa shape index (κ3) is 3.41. The van der Waals surface area contributed by atoms with Crippen molar-refractivity contribution in [1.82, 2.24) is 9.97 Å². The molecule has 2 heterocycles. The largest absolute Gasteiger partial charge is 0.352 e. The summed E-state index contributed by atoms with van der Waals surface area (Å²) in [6.07, 6.45) is 3.53. The molecule has 4 rings (SSSR count). The third-order valence-electron chi connectivity index (χ3n) is 4.74. The van der Waals surface area contributed by atoms with Crippen molar-refractivity contribution in [3.8, 4) is 0 Å². The summed E-state index contributed by atoms with van der Waals surface area (Å²) in [4.78, 5) is 11.9. The number of fused-ring (bicyclic) bond motifs is 1. The summed E-state index contributed by atoms with van der Waals surface area (Å²) in [6.45, 7) is 6.30. The van der Waals surface area contributed by atoms with E-state index in [1.807, 2.05) is 0 Å². The Morgan fingerprint density at radius 3 is 2.75 bits per heavy atom. The highest BCUT2D eigenvalue weighted by atomic mass is 79.9. The van der Waals surface area contributed by atoms with Gasteiger partial charge in [-0.3, -0.25) is 0 Å². The van der Waals surface area contributed by atoms with E-state index in [1.54, 1.807) is 0 Å². The molecule has 1 aliphatic heterocycles. The normalized spacial score (nSPS) is 17.1. The van der Waals surface area contributed by atoms with Gasteiger partial charge < -0.3 is 10.2 Å². The van der Waals surface area contributed by atoms with Crippen LogP contribution in [0.2, 0.25) is 0 Å². The van der Waals surface area contributed by atoms with E-state index in [4.69, 9.17) is 9.97 Å². The maximum atomic E-state index is 4.81. The molecular weight excluding hydrogens is 364 g/mol. The van der Waals surface area contributed by atoms with Crippen LogP contribution in [0.3, 0.4) is 0 Å². The molecule has 1 aliphatic carbocycles. The summed E-state index contributed by atoms with van der Waals surface area (Å²) >= 11 is 3.59. The molecule has 2 aromatic rings. The Morgan fingerprint density at radius 2 is 2.00 bits per heavy atom. The molecule has 0 spiro atoms. The van der Waals surface area contributed by atoms with Gasteiger partial charge in [0.05, 0.1) is 5.69 Å². The molecule has 1 aromatic heterocycles. The van der Waals surface area contributed by atoms with E-state index in [1.165, 1.54) is 24.0 Å². The molecule has 24 heavy (non-hydrogen) atoms. The summed E-state index contributed by atoms with van der Waals surface area (Å²) < 4.78 is 1.14. The van der Waals surface area contributed by atoms with E-state index in [-0.39, 0.29) is 0 Å². The van der Waals surface area contributed by atoms with Gasteiger partial charge in [0, 0.05) is 29.7 Å². The van der Waals surface area contributed by atoms with Crippen molar-refractivity contribution in [2.45, 2.75) is 51.6 Å². The van der Waals surface area contributed by atoms with E-state index in [0.717, 1.165) is 41.4 Å². The van der Waals surface area contributed by atoms with Gasteiger partial charge in [0.2, 0.25) is 5.95 Å². The Hall–Kier alpha value is -1.62. The number of aromatic nitrogens is 2. The van der Waals surface area contributed by atoms with Crippen molar-refractivity contribution in [3.05, 3.63) is 45.6 Å². The van der Waals surface area contributed by atoms with Crippen LogP contribution in [0.5, 0.6) is 0 Å². The van der Waals surface area contributed by atoms with Gasteiger partial charge in [-0.25, -0.2) is 4.98 Å². The van der Waals surface area contributed by atoms with Crippen LogP contribution in [0.25, 0.3) is 0 Å². The molecule has 1 fully saturated rings. The highest BCUT2D eigenvalue weighted by Gasteiger charge is 2.24. The van der Waals surface area contributed by atoms with E-state index in [9.17, 15) is 0 Å². The average Bonchev–Trinajstić information content (AvgIpc) is 3.37. The zero-order valence-corrected chi connectivity index (χ0v) is 15.8. The summed E-state index contributed by atoms with van der Waals surface area (Å²) in [5, 5.41) is 3.46. The van der Waals surface area contributed by atoms with Crippen LogP contribution in [0.15, 0.2) is 28.7 Å². The van der Waals surface area contributed by atoms with Crippen LogP contribution < -0.4 is 10.2 Å². The topological polar surface area (TPSA) is 41.1 Å². The van der Waals surface area contributed by atoms with Crippen molar-refractivity contribution in [1.29, 1.82) is 0 Å². The molecule has 1 saturated carbocycles. The molecule has 1 N–H and O–H groups in total. The molecule has 5 heteroatoms.